The summed E-state index contributed by atoms with van der Waals surface area (Å²) in [6.07, 6.45) is 8.09. The van der Waals surface area contributed by atoms with Gasteiger partial charge in [0.25, 0.3) is 0 Å². The molecule has 0 heterocycles. The Bertz CT molecular complexity index is 215. The standard InChI is InChI=1S/C13H25NO3/c1-11(15)12(13(16)17)9-7-5-3-2-4-6-8-10-14/h12H,2-10,14H2,1H3,(H,16,17). The summed E-state index contributed by atoms with van der Waals surface area (Å²) in [5.41, 5.74) is 5.39. The van der Waals surface area contributed by atoms with Gasteiger partial charge in [0, 0.05) is 0 Å². The number of carbonyl (C=O) groups excluding carboxylic acids is 1. The SMILES string of the molecule is CC(=O)C(CCCCCCCCCN)C(=O)O. The molecule has 0 aliphatic carbocycles. The van der Waals surface area contributed by atoms with Gasteiger partial charge in [0.1, 0.15) is 11.7 Å². The molecular formula is C13H25NO3. The van der Waals surface area contributed by atoms with Gasteiger partial charge in [-0.3, -0.25) is 9.59 Å². The van der Waals surface area contributed by atoms with Crippen molar-refractivity contribution in [3.05, 3.63) is 0 Å². The van der Waals surface area contributed by atoms with E-state index in [0.29, 0.717) is 6.42 Å². The average molecular weight is 243 g/mol. The second kappa shape index (κ2) is 10.3. The van der Waals surface area contributed by atoms with Crippen molar-refractivity contribution in [1.29, 1.82) is 0 Å². The Morgan fingerprint density at radius 2 is 1.47 bits per heavy atom. The zero-order chi connectivity index (χ0) is 13.1. The lowest BCUT2D eigenvalue weighted by atomic mass is 9.97. The van der Waals surface area contributed by atoms with Crippen LogP contribution in [0.4, 0.5) is 0 Å². The molecule has 0 aliphatic rings. The summed E-state index contributed by atoms with van der Waals surface area (Å²) in [6.45, 7) is 2.12. The van der Waals surface area contributed by atoms with E-state index < -0.39 is 11.9 Å². The smallest absolute Gasteiger partial charge is 0.314 e. The second-order valence-electron chi connectivity index (χ2n) is 4.55. The van der Waals surface area contributed by atoms with Gasteiger partial charge in [-0.25, -0.2) is 0 Å². The van der Waals surface area contributed by atoms with Crippen LogP contribution in [0.15, 0.2) is 0 Å². The zero-order valence-electron chi connectivity index (χ0n) is 10.8. The van der Waals surface area contributed by atoms with E-state index in [1.807, 2.05) is 0 Å². The van der Waals surface area contributed by atoms with Gasteiger partial charge in [-0.1, -0.05) is 38.5 Å². The fourth-order valence-corrected chi connectivity index (χ4v) is 1.88. The monoisotopic (exact) mass is 243 g/mol. The Morgan fingerprint density at radius 3 is 1.88 bits per heavy atom. The molecule has 0 aliphatic heterocycles. The molecule has 17 heavy (non-hydrogen) atoms. The number of carboxylic acids is 1. The Labute approximate surface area is 104 Å². The van der Waals surface area contributed by atoms with Crippen LogP contribution in [0, 0.1) is 5.92 Å². The molecule has 1 unspecified atom stereocenters. The molecule has 0 aromatic heterocycles. The van der Waals surface area contributed by atoms with Crippen LogP contribution in [0.25, 0.3) is 0 Å². The number of ketones is 1. The molecule has 4 nitrogen and oxygen atoms in total. The largest absolute Gasteiger partial charge is 0.481 e. The van der Waals surface area contributed by atoms with E-state index in [2.05, 4.69) is 0 Å². The highest BCUT2D eigenvalue weighted by molar-refractivity contribution is 5.96. The molecule has 0 bridgehead atoms. The molecule has 0 aromatic rings. The predicted octanol–water partition coefficient (Wildman–Crippen LogP) is 2.36. The number of unbranched alkanes of at least 4 members (excludes halogenated alkanes) is 6. The van der Waals surface area contributed by atoms with Crippen LogP contribution < -0.4 is 5.73 Å². The van der Waals surface area contributed by atoms with E-state index in [1.165, 1.54) is 26.2 Å². The van der Waals surface area contributed by atoms with Crippen molar-refractivity contribution in [1.82, 2.24) is 0 Å². The molecule has 0 amide bonds. The molecule has 0 spiro atoms. The molecule has 0 radical (unpaired) electrons. The second-order valence-corrected chi connectivity index (χ2v) is 4.55. The lowest BCUT2D eigenvalue weighted by Gasteiger charge is -2.08. The van der Waals surface area contributed by atoms with Crippen LogP contribution in [0.1, 0.15) is 58.3 Å². The summed E-state index contributed by atoms with van der Waals surface area (Å²) >= 11 is 0. The highest BCUT2D eigenvalue weighted by Crippen LogP contribution is 2.13. The first-order valence-electron chi connectivity index (χ1n) is 6.53. The number of rotatable bonds is 11. The molecule has 3 N–H and O–H groups in total. The van der Waals surface area contributed by atoms with Gasteiger partial charge in [0.2, 0.25) is 0 Å². The highest BCUT2D eigenvalue weighted by atomic mass is 16.4. The Kier molecular flexibility index (Phi) is 9.72. The number of hydrogen-bond donors (Lipinski definition) is 2. The van der Waals surface area contributed by atoms with Gasteiger partial charge in [-0.2, -0.15) is 0 Å². The number of carbonyl (C=O) groups is 2. The van der Waals surface area contributed by atoms with Crippen molar-refractivity contribution in [2.75, 3.05) is 6.54 Å². The Balaban J connectivity index is 3.43. The summed E-state index contributed by atoms with van der Waals surface area (Å²) in [7, 11) is 0. The Hall–Kier alpha value is -0.900. The van der Waals surface area contributed by atoms with Gasteiger partial charge in [-0.05, 0) is 26.3 Å². The van der Waals surface area contributed by atoms with Crippen LogP contribution in [-0.4, -0.2) is 23.4 Å². The van der Waals surface area contributed by atoms with E-state index in [-0.39, 0.29) is 5.78 Å². The summed E-state index contributed by atoms with van der Waals surface area (Å²) in [6, 6.07) is 0. The van der Waals surface area contributed by atoms with Gasteiger partial charge < -0.3 is 10.8 Å². The van der Waals surface area contributed by atoms with E-state index in [9.17, 15) is 9.59 Å². The lowest BCUT2D eigenvalue weighted by molar-refractivity contribution is -0.146. The van der Waals surface area contributed by atoms with Gasteiger partial charge >= 0.3 is 5.97 Å². The van der Waals surface area contributed by atoms with E-state index in [0.717, 1.165) is 32.2 Å². The topological polar surface area (TPSA) is 80.4 Å². The molecular weight excluding hydrogens is 218 g/mol. The fraction of sp³-hybridized carbons (Fsp3) is 0.846. The minimum atomic E-state index is -0.986. The van der Waals surface area contributed by atoms with Crippen molar-refractivity contribution in [3.8, 4) is 0 Å². The van der Waals surface area contributed by atoms with Gasteiger partial charge in [0.15, 0.2) is 0 Å². The van der Waals surface area contributed by atoms with E-state index in [1.54, 1.807) is 0 Å². The maximum absolute atomic E-state index is 11.0. The molecule has 1 atom stereocenters. The van der Waals surface area contributed by atoms with Crippen LogP contribution in [0.3, 0.4) is 0 Å². The quantitative estimate of drug-likeness (QED) is 0.431. The summed E-state index contributed by atoms with van der Waals surface area (Å²) in [5, 5.41) is 8.81. The third-order valence-electron chi connectivity index (χ3n) is 2.99. The maximum atomic E-state index is 11.0. The summed E-state index contributed by atoms with van der Waals surface area (Å²) in [4.78, 5) is 21.8. The van der Waals surface area contributed by atoms with E-state index in [4.69, 9.17) is 10.8 Å². The van der Waals surface area contributed by atoms with Crippen molar-refractivity contribution in [3.63, 3.8) is 0 Å². The minimum absolute atomic E-state index is 0.236. The number of nitrogens with two attached hydrogens (primary N) is 1. The average Bonchev–Trinajstić information content (AvgIpc) is 2.26. The van der Waals surface area contributed by atoms with Gasteiger partial charge in [-0.15, -0.1) is 0 Å². The number of hydrogen-bond acceptors (Lipinski definition) is 3. The zero-order valence-corrected chi connectivity index (χ0v) is 10.8. The van der Waals surface area contributed by atoms with Gasteiger partial charge in [0.05, 0.1) is 0 Å². The third-order valence-corrected chi connectivity index (χ3v) is 2.99. The van der Waals surface area contributed by atoms with Crippen molar-refractivity contribution in [2.45, 2.75) is 58.3 Å². The molecule has 0 saturated heterocycles. The first-order chi connectivity index (χ1) is 8.09. The van der Waals surface area contributed by atoms with Crippen molar-refractivity contribution < 1.29 is 14.7 Å². The Morgan fingerprint density at radius 1 is 1.00 bits per heavy atom. The molecule has 4 heteroatoms. The van der Waals surface area contributed by atoms with Crippen molar-refractivity contribution >= 4 is 11.8 Å². The molecule has 0 rings (SSSR count). The molecule has 0 aromatic carbocycles. The number of carboxylic acid groups (broad SMARTS) is 1. The van der Waals surface area contributed by atoms with E-state index >= 15 is 0 Å². The third kappa shape index (κ3) is 8.86. The van der Waals surface area contributed by atoms with Crippen LogP contribution in [0.2, 0.25) is 0 Å². The first kappa shape index (κ1) is 16.1. The van der Waals surface area contributed by atoms with Crippen LogP contribution in [-0.2, 0) is 9.59 Å². The van der Waals surface area contributed by atoms with Crippen LogP contribution in [0.5, 0.6) is 0 Å². The van der Waals surface area contributed by atoms with Crippen molar-refractivity contribution in [2.24, 2.45) is 11.7 Å². The van der Waals surface area contributed by atoms with Crippen LogP contribution >= 0.6 is 0 Å². The molecule has 0 saturated carbocycles. The highest BCUT2D eigenvalue weighted by Gasteiger charge is 2.21. The number of aliphatic carboxylic acids is 1. The first-order valence-corrected chi connectivity index (χ1v) is 6.53. The number of Topliss-reactive ketones (excluding diaryl/α,β-unsaturated/α-hetero) is 1. The minimum Gasteiger partial charge on any atom is -0.481 e. The molecule has 100 valence electrons. The fourth-order valence-electron chi connectivity index (χ4n) is 1.88. The lowest BCUT2D eigenvalue weighted by Crippen LogP contribution is -2.21. The predicted molar refractivity (Wildman–Crippen MR) is 67.8 cm³/mol. The normalized spacial score (nSPS) is 12.4. The summed E-state index contributed by atoms with van der Waals surface area (Å²) < 4.78 is 0. The maximum Gasteiger partial charge on any atom is 0.314 e. The summed E-state index contributed by atoms with van der Waals surface area (Å²) in [5.74, 6) is -2.02. The molecule has 0 fully saturated rings.